The van der Waals surface area contributed by atoms with Crippen LogP contribution in [0.15, 0.2) is 77.3 Å². The smallest absolute Gasteiger partial charge is 0.269 e. The predicted molar refractivity (Wildman–Crippen MR) is 134 cm³/mol. The van der Waals surface area contributed by atoms with Gasteiger partial charge in [0.05, 0.1) is 24.7 Å². The van der Waals surface area contributed by atoms with Crippen LogP contribution in [0.4, 0.5) is 5.69 Å². The number of aliphatic hydroxyl groups excluding tert-OH is 1. The van der Waals surface area contributed by atoms with Crippen molar-refractivity contribution in [3.63, 3.8) is 0 Å². The van der Waals surface area contributed by atoms with E-state index in [4.69, 9.17) is 4.74 Å². The van der Waals surface area contributed by atoms with Crippen molar-refractivity contribution in [2.45, 2.75) is 24.9 Å². The van der Waals surface area contributed by atoms with Gasteiger partial charge in [-0.2, -0.15) is 0 Å². The number of nitrogens with zero attached hydrogens (tertiary/aromatic N) is 2. The molecule has 180 valence electrons. The summed E-state index contributed by atoms with van der Waals surface area (Å²) < 4.78 is 7.22. The molecule has 3 aromatic rings. The van der Waals surface area contributed by atoms with Crippen molar-refractivity contribution >= 4 is 27.5 Å². The SMILES string of the molecule is O=C1c2ccccc2C(COCC2(CO)CC2)(c2ccc(Br)cc2)N1Cc1ccc([N+](=O)[O-])cc1. The van der Waals surface area contributed by atoms with Gasteiger partial charge >= 0.3 is 0 Å². The van der Waals surface area contributed by atoms with Crippen molar-refractivity contribution in [3.05, 3.63) is 110 Å². The first-order valence-electron chi connectivity index (χ1n) is 11.5. The summed E-state index contributed by atoms with van der Waals surface area (Å²) in [4.78, 5) is 26.2. The quantitative estimate of drug-likeness (QED) is 0.305. The Hall–Kier alpha value is -3.07. The third kappa shape index (κ3) is 4.26. The summed E-state index contributed by atoms with van der Waals surface area (Å²) in [7, 11) is 0. The topological polar surface area (TPSA) is 92.9 Å². The second-order valence-electron chi connectivity index (χ2n) is 9.38. The van der Waals surface area contributed by atoms with E-state index in [-0.39, 0.29) is 36.8 Å². The summed E-state index contributed by atoms with van der Waals surface area (Å²) in [5.74, 6) is -0.117. The van der Waals surface area contributed by atoms with E-state index in [0.717, 1.165) is 34.0 Å². The maximum Gasteiger partial charge on any atom is 0.269 e. The number of hydrogen-bond donors (Lipinski definition) is 1. The number of ether oxygens (including phenoxy) is 1. The van der Waals surface area contributed by atoms with Crippen LogP contribution in [-0.2, 0) is 16.8 Å². The summed E-state index contributed by atoms with van der Waals surface area (Å²) in [5.41, 5.74) is 2.11. The fraction of sp³-hybridized carbons (Fsp3) is 0.296. The van der Waals surface area contributed by atoms with Gasteiger partial charge in [0.25, 0.3) is 11.6 Å². The van der Waals surface area contributed by atoms with E-state index in [1.54, 1.807) is 17.0 Å². The first kappa shape index (κ1) is 23.7. The number of halogens is 1. The molecular weight excluding hydrogens is 512 g/mol. The molecule has 1 amide bonds. The average molecular weight is 537 g/mol. The number of amides is 1. The molecule has 1 atom stereocenters. The number of fused-ring (bicyclic) bond motifs is 1. The second kappa shape index (κ2) is 9.18. The molecule has 0 aromatic heterocycles. The molecule has 0 bridgehead atoms. The van der Waals surface area contributed by atoms with Gasteiger partial charge in [0.1, 0.15) is 5.54 Å². The Labute approximate surface area is 211 Å². The number of benzene rings is 3. The van der Waals surface area contributed by atoms with Crippen LogP contribution in [-0.4, -0.2) is 40.7 Å². The Morgan fingerprint density at radius 1 is 1.00 bits per heavy atom. The highest BCUT2D eigenvalue weighted by molar-refractivity contribution is 9.10. The van der Waals surface area contributed by atoms with Gasteiger partial charge in [0.15, 0.2) is 0 Å². The number of carbonyl (C=O) groups excluding carboxylic acids is 1. The van der Waals surface area contributed by atoms with Crippen molar-refractivity contribution in [3.8, 4) is 0 Å². The van der Waals surface area contributed by atoms with Crippen molar-refractivity contribution in [1.82, 2.24) is 4.90 Å². The van der Waals surface area contributed by atoms with Gasteiger partial charge < -0.3 is 14.7 Å². The molecule has 8 heteroatoms. The van der Waals surface area contributed by atoms with Crippen LogP contribution in [0.5, 0.6) is 0 Å². The minimum Gasteiger partial charge on any atom is -0.396 e. The molecule has 1 saturated carbocycles. The molecular formula is C27H25BrN2O5. The molecule has 3 aromatic carbocycles. The molecule has 5 rings (SSSR count). The molecule has 1 fully saturated rings. The molecule has 1 aliphatic heterocycles. The number of nitro groups is 1. The second-order valence-corrected chi connectivity index (χ2v) is 10.3. The first-order valence-corrected chi connectivity index (χ1v) is 12.3. The summed E-state index contributed by atoms with van der Waals surface area (Å²) in [5, 5.41) is 20.9. The summed E-state index contributed by atoms with van der Waals surface area (Å²) in [6.07, 6.45) is 1.85. The van der Waals surface area contributed by atoms with Gasteiger partial charge in [-0.25, -0.2) is 0 Å². The molecule has 0 saturated heterocycles. The largest absolute Gasteiger partial charge is 0.396 e. The van der Waals surface area contributed by atoms with E-state index >= 15 is 0 Å². The molecule has 1 heterocycles. The van der Waals surface area contributed by atoms with Gasteiger partial charge in [0.2, 0.25) is 0 Å². The van der Waals surface area contributed by atoms with Crippen LogP contribution in [0.3, 0.4) is 0 Å². The van der Waals surface area contributed by atoms with E-state index in [0.29, 0.717) is 12.2 Å². The fourth-order valence-corrected chi connectivity index (χ4v) is 5.09. The molecule has 2 aliphatic rings. The molecule has 35 heavy (non-hydrogen) atoms. The number of carbonyl (C=O) groups is 1. The van der Waals surface area contributed by atoms with E-state index < -0.39 is 10.5 Å². The van der Waals surface area contributed by atoms with Crippen molar-refractivity contribution in [2.24, 2.45) is 5.41 Å². The normalized spacial score (nSPS) is 20.1. The van der Waals surface area contributed by atoms with Crippen LogP contribution in [0.1, 0.15) is 39.9 Å². The number of nitro benzene ring substituents is 1. The highest BCUT2D eigenvalue weighted by Crippen LogP contribution is 2.48. The molecule has 1 N–H and O–H groups in total. The Bertz CT molecular complexity index is 1260. The zero-order valence-corrected chi connectivity index (χ0v) is 20.6. The molecule has 1 aliphatic carbocycles. The van der Waals surface area contributed by atoms with Gasteiger partial charge in [0, 0.05) is 34.1 Å². The summed E-state index contributed by atoms with van der Waals surface area (Å²) in [6.45, 7) is 0.992. The summed E-state index contributed by atoms with van der Waals surface area (Å²) >= 11 is 3.50. The van der Waals surface area contributed by atoms with E-state index in [1.807, 2.05) is 48.5 Å². The Morgan fingerprint density at radius 2 is 1.69 bits per heavy atom. The average Bonchev–Trinajstić information content (AvgIpc) is 3.62. The van der Waals surface area contributed by atoms with Crippen molar-refractivity contribution in [2.75, 3.05) is 19.8 Å². The molecule has 0 radical (unpaired) electrons. The lowest BCUT2D eigenvalue weighted by Crippen LogP contribution is -2.48. The van der Waals surface area contributed by atoms with Crippen LogP contribution in [0, 0.1) is 15.5 Å². The van der Waals surface area contributed by atoms with Gasteiger partial charge in [-0.05, 0) is 47.7 Å². The van der Waals surface area contributed by atoms with Crippen molar-refractivity contribution < 1.29 is 19.6 Å². The maximum atomic E-state index is 13.8. The number of aliphatic hydroxyl groups is 1. The van der Waals surface area contributed by atoms with E-state index in [2.05, 4.69) is 15.9 Å². The predicted octanol–water partition coefficient (Wildman–Crippen LogP) is 5.05. The van der Waals surface area contributed by atoms with Crippen molar-refractivity contribution in [1.29, 1.82) is 0 Å². The highest BCUT2D eigenvalue weighted by atomic mass is 79.9. The van der Waals surface area contributed by atoms with Crippen LogP contribution in [0.25, 0.3) is 0 Å². The van der Waals surface area contributed by atoms with Crippen LogP contribution >= 0.6 is 15.9 Å². The Morgan fingerprint density at radius 3 is 2.31 bits per heavy atom. The first-order chi connectivity index (χ1) is 16.9. The minimum absolute atomic E-state index is 0.00558. The van der Waals surface area contributed by atoms with Crippen LogP contribution in [0.2, 0.25) is 0 Å². The standard InChI is InChI=1S/C27H25BrN2O5/c28-21-9-7-20(8-10-21)27(18-35-17-26(16-31)13-14-26)24-4-2-1-3-23(24)25(32)29(27)15-19-5-11-22(12-6-19)30(33)34/h1-12,31H,13-18H2. The Kier molecular flexibility index (Phi) is 6.21. The van der Waals surface area contributed by atoms with Gasteiger partial charge in [-0.3, -0.25) is 14.9 Å². The monoisotopic (exact) mass is 536 g/mol. The third-order valence-electron chi connectivity index (χ3n) is 7.13. The van der Waals surface area contributed by atoms with E-state index in [9.17, 15) is 20.0 Å². The molecule has 1 unspecified atom stereocenters. The van der Waals surface area contributed by atoms with Gasteiger partial charge in [-0.1, -0.05) is 58.4 Å². The zero-order valence-electron chi connectivity index (χ0n) is 19.0. The zero-order chi connectivity index (χ0) is 24.6. The summed E-state index contributed by atoms with van der Waals surface area (Å²) in [6, 6.07) is 21.7. The number of hydrogen-bond acceptors (Lipinski definition) is 5. The minimum atomic E-state index is -0.887. The Balaban J connectivity index is 1.58. The number of rotatable bonds is 9. The van der Waals surface area contributed by atoms with Gasteiger partial charge in [-0.15, -0.1) is 0 Å². The fourth-order valence-electron chi connectivity index (χ4n) is 4.82. The molecule has 7 nitrogen and oxygen atoms in total. The number of non-ortho nitro benzene ring substituents is 1. The van der Waals surface area contributed by atoms with E-state index in [1.165, 1.54) is 12.1 Å². The maximum absolute atomic E-state index is 13.8. The third-order valence-corrected chi connectivity index (χ3v) is 7.66. The lowest BCUT2D eigenvalue weighted by Gasteiger charge is -2.40. The lowest BCUT2D eigenvalue weighted by atomic mass is 9.83. The highest BCUT2D eigenvalue weighted by Gasteiger charge is 2.52. The molecule has 0 spiro atoms. The lowest BCUT2D eigenvalue weighted by molar-refractivity contribution is -0.384. The van der Waals surface area contributed by atoms with Crippen LogP contribution < -0.4 is 0 Å².